The van der Waals surface area contributed by atoms with Gasteiger partial charge in [0.05, 0.1) is 18.5 Å². The molecular formula is C14H13FN2O2. The standard InChI is InChI=1S/C14H13FN2O2/c1-19-13-7-6-9(8-11(13)16)14(18)17-12-5-3-2-4-10(12)15/h2-8H,16H2,1H3,(H,17,18). The zero-order valence-corrected chi connectivity index (χ0v) is 10.3. The number of methoxy groups -OCH3 is 1. The largest absolute Gasteiger partial charge is 0.495 e. The molecule has 0 radical (unpaired) electrons. The SMILES string of the molecule is COc1ccc(C(=O)Nc2ccccc2F)cc1N. The normalized spacial score (nSPS) is 10.0. The third kappa shape index (κ3) is 2.82. The maximum absolute atomic E-state index is 13.4. The van der Waals surface area contributed by atoms with Gasteiger partial charge in [-0.3, -0.25) is 4.79 Å². The highest BCUT2D eigenvalue weighted by Crippen LogP contribution is 2.22. The van der Waals surface area contributed by atoms with Crippen molar-refractivity contribution in [2.45, 2.75) is 0 Å². The minimum Gasteiger partial charge on any atom is -0.495 e. The lowest BCUT2D eigenvalue weighted by atomic mass is 10.1. The van der Waals surface area contributed by atoms with Crippen molar-refractivity contribution in [3.63, 3.8) is 0 Å². The summed E-state index contributed by atoms with van der Waals surface area (Å²) in [7, 11) is 1.49. The second-order valence-corrected chi connectivity index (χ2v) is 3.89. The van der Waals surface area contributed by atoms with Crippen molar-refractivity contribution in [3.8, 4) is 5.75 Å². The fourth-order valence-electron chi connectivity index (χ4n) is 1.63. The van der Waals surface area contributed by atoms with Gasteiger partial charge in [-0.2, -0.15) is 0 Å². The van der Waals surface area contributed by atoms with Crippen molar-refractivity contribution < 1.29 is 13.9 Å². The van der Waals surface area contributed by atoms with Gasteiger partial charge >= 0.3 is 0 Å². The van der Waals surface area contributed by atoms with E-state index in [4.69, 9.17) is 10.5 Å². The van der Waals surface area contributed by atoms with Crippen molar-refractivity contribution in [3.05, 3.63) is 53.8 Å². The minimum absolute atomic E-state index is 0.127. The molecule has 5 heteroatoms. The van der Waals surface area contributed by atoms with Crippen molar-refractivity contribution in [2.75, 3.05) is 18.2 Å². The predicted molar refractivity (Wildman–Crippen MR) is 71.8 cm³/mol. The number of hydrogen-bond acceptors (Lipinski definition) is 3. The molecule has 98 valence electrons. The molecule has 3 N–H and O–H groups in total. The molecule has 0 aliphatic rings. The highest BCUT2D eigenvalue weighted by molar-refractivity contribution is 6.05. The van der Waals surface area contributed by atoms with Gasteiger partial charge in [-0.1, -0.05) is 12.1 Å². The van der Waals surface area contributed by atoms with Crippen LogP contribution in [0.4, 0.5) is 15.8 Å². The third-order valence-electron chi connectivity index (χ3n) is 2.61. The molecule has 0 heterocycles. The molecule has 0 saturated heterocycles. The molecule has 19 heavy (non-hydrogen) atoms. The van der Waals surface area contributed by atoms with Crippen molar-refractivity contribution in [2.24, 2.45) is 0 Å². The van der Waals surface area contributed by atoms with E-state index in [1.165, 1.54) is 25.3 Å². The molecule has 4 nitrogen and oxygen atoms in total. The van der Waals surface area contributed by atoms with E-state index in [1.807, 2.05) is 0 Å². The highest BCUT2D eigenvalue weighted by atomic mass is 19.1. The number of carbonyl (C=O) groups excluding carboxylic acids is 1. The molecule has 0 saturated carbocycles. The monoisotopic (exact) mass is 260 g/mol. The van der Waals surface area contributed by atoms with Gasteiger partial charge < -0.3 is 15.8 Å². The molecule has 1 amide bonds. The summed E-state index contributed by atoms with van der Waals surface area (Å²) in [5.74, 6) is -0.431. The molecule has 0 fully saturated rings. The summed E-state index contributed by atoms with van der Waals surface area (Å²) in [4.78, 5) is 11.9. The van der Waals surface area contributed by atoms with Gasteiger partial charge in [-0.05, 0) is 30.3 Å². The van der Waals surface area contributed by atoms with E-state index in [2.05, 4.69) is 5.32 Å². The van der Waals surface area contributed by atoms with Crippen LogP contribution in [0, 0.1) is 5.82 Å². The Morgan fingerprint density at radius 1 is 1.26 bits per heavy atom. The van der Waals surface area contributed by atoms with Crippen LogP contribution in [0.3, 0.4) is 0 Å². The van der Waals surface area contributed by atoms with Crippen LogP contribution < -0.4 is 15.8 Å². The lowest BCUT2D eigenvalue weighted by molar-refractivity contribution is 0.102. The quantitative estimate of drug-likeness (QED) is 0.834. The summed E-state index contributed by atoms with van der Waals surface area (Å²) in [5.41, 5.74) is 6.53. The van der Waals surface area contributed by atoms with E-state index >= 15 is 0 Å². The molecule has 0 bridgehead atoms. The van der Waals surface area contributed by atoms with Crippen molar-refractivity contribution in [1.82, 2.24) is 0 Å². The number of para-hydroxylation sites is 1. The van der Waals surface area contributed by atoms with E-state index in [9.17, 15) is 9.18 Å². The Hall–Kier alpha value is -2.56. The second-order valence-electron chi connectivity index (χ2n) is 3.89. The molecule has 2 aromatic rings. The Balaban J connectivity index is 2.21. The van der Waals surface area contributed by atoms with Crippen LogP contribution in [-0.2, 0) is 0 Å². The summed E-state index contributed by atoms with van der Waals surface area (Å²) in [6.07, 6.45) is 0. The number of benzene rings is 2. The van der Waals surface area contributed by atoms with E-state index in [0.717, 1.165) is 0 Å². The summed E-state index contributed by atoms with van der Waals surface area (Å²) < 4.78 is 18.4. The average Bonchev–Trinajstić information content (AvgIpc) is 2.41. The molecule has 0 atom stereocenters. The van der Waals surface area contributed by atoms with Gasteiger partial charge in [-0.15, -0.1) is 0 Å². The number of nitrogens with one attached hydrogen (secondary N) is 1. The maximum Gasteiger partial charge on any atom is 0.255 e. The molecule has 2 aromatic carbocycles. The Labute approximate surface area is 110 Å². The first-order valence-electron chi connectivity index (χ1n) is 5.61. The zero-order valence-electron chi connectivity index (χ0n) is 10.3. The predicted octanol–water partition coefficient (Wildman–Crippen LogP) is 2.67. The number of nitrogen functional groups attached to an aromatic ring is 1. The van der Waals surface area contributed by atoms with Crippen LogP contribution >= 0.6 is 0 Å². The van der Waals surface area contributed by atoms with Crippen LogP contribution in [-0.4, -0.2) is 13.0 Å². The summed E-state index contributed by atoms with van der Waals surface area (Å²) in [6.45, 7) is 0. The van der Waals surface area contributed by atoms with Crippen LogP contribution in [0.5, 0.6) is 5.75 Å². The zero-order chi connectivity index (χ0) is 13.8. The number of rotatable bonds is 3. The topological polar surface area (TPSA) is 64.3 Å². The lowest BCUT2D eigenvalue weighted by Gasteiger charge is -2.08. The Kier molecular flexibility index (Phi) is 3.66. The molecule has 0 aromatic heterocycles. The van der Waals surface area contributed by atoms with Crippen LogP contribution in [0.15, 0.2) is 42.5 Å². The number of hydrogen-bond donors (Lipinski definition) is 2. The number of anilines is 2. The van der Waals surface area contributed by atoms with Gasteiger partial charge in [-0.25, -0.2) is 4.39 Å². The van der Waals surface area contributed by atoms with E-state index in [1.54, 1.807) is 24.3 Å². The molecular weight excluding hydrogens is 247 g/mol. The number of halogens is 1. The molecule has 0 aliphatic carbocycles. The molecule has 0 unspecified atom stereocenters. The van der Waals surface area contributed by atoms with Gasteiger partial charge in [0.25, 0.3) is 5.91 Å². The van der Waals surface area contributed by atoms with Gasteiger partial charge in [0.15, 0.2) is 0 Å². The summed E-state index contributed by atoms with van der Waals surface area (Å²) in [6, 6.07) is 10.6. The summed E-state index contributed by atoms with van der Waals surface area (Å²) >= 11 is 0. The fraction of sp³-hybridized carbons (Fsp3) is 0.0714. The van der Waals surface area contributed by atoms with E-state index in [0.29, 0.717) is 17.0 Å². The summed E-state index contributed by atoms with van der Waals surface area (Å²) in [5, 5.41) is 2.48. The number of amides is 1. The first-order valence-corrected chi connectivity index (χ1v) is 5.61. The Morgan fingerprint density at radius 2 is 2.00 bits per heavy atom. The number of nitrogens with two attached hydrogens (primary N) is 1. The van der Waals surface area contributed by atoms with Gasteiger partial charge in [0.1, 0.15) is 11.6 Å². The first kappa shape index (κ1) is 12.9. The Bertz CT molecular complexity index is 614. The minimum atomic E-state index is -0.489. The maximum atomic E-state index is 13.4. The molecule has 0 aliphatic heterocycles. The van der Waals surface area contributed by atoms with E-state index in [-0.39, 0.29) is 5.69 Å². The van der Waals surface area contributed by atoms with Crippen LogP contribution in [0.2, 0.25) is 0 Å². The fourth-order valence-corrected chi connectivity index (χ4v) is 1.63. The van der Waals surface area contributed by atoms with E-state index < -0.39 is 11.7 Å². The smallest absolute Gasteiger partial charge is 0.255 e. The number of ether oxygens (including phenoxy) is 1. The van der Waals surface area contributed by atoms with Crippen LogP contribution in [0.25, 0.3) is 0 Å². The second kappa shape index (κ2) is 5.39. The molecule has 2 rings (SSSR count). The van der Waals surface area contributed by atoms with Gasteiger partial charge in [0, 0.05) is 5.56 Å². The average molecular weight is 260 g/mol. The van der Waals surface area contributed by atoms with Crippen LogP contribution in [0.1, 0.15) is 10.4 Å². The lowest BCUT2D eigenvalue weighted by Crippen LogP contribution is -2.13. The Morgan fingerprint density at radius 3 is 2.63 bits per heavy atom. The van der Waals surface area contributed by atoms with Crippen molar-refractivity contribution >= 4 is 17.3 Å². The van der Waals surface area contributed by atoms with Gasteiger partial charge in [0.2, 0.25) is 0 Å². The number of carbonyl (C=O) groups is 1. The highest BCUT2D eigenvalue weighted by Gasteiger charge is 2.10. The van der Waals surface area contributed by atoms with Crippen molar-refractivity contribution in [1.29, 1.82) is 0 Å². The molecule has 0 spiro atoms. The first-order chi connectivity index (χ1) is 9.11. The third-order valence-corrected chi connectivity index (χ3v) is 2.61.